The predicted octanol–water partition coefficient (Wildman–Crippen LogP) is 8.36. The zero-order chi connectivity index (χ0) is 66.5. The molecule has 10 heterocycles. The Bertz CT molecular complexity index is 3960. The van der Waals surface area contributed by atoms with Crippen LogP contribution in [0.3, 0.4) is 0 Å². The molecule has 4 aliphatic heterocycles. The summed E-state index contributed by atoms with van der Waals surface area (Å²) < 4.78 is 42.3. The molecule has 4 fully saturated rings. The summed E-state index contributed by atoms with van der Waals surface area (Å²) >= 11 is 0. The van der Waals surface area contributed by atoms with E-state index in [-0.39, 0.29) is 45.5 Å². The number of halogens is 1. The molecule has 2 atom stereocenters. The third-order valence-corrected chi connectivity index (χ3v) is 16.8. The van der Waals surface area contributed by atoms with Crippen LogP contribution in [0.25, 0.3) is 67.3 Å². The van der Waals surface area contributed by atoms with Gasteiger partial charge in [-0.2, -0.15) is 19.7 Å². The highest BCUT2D eigenvalue weighted by Crippen LogP contribution is 2.37. The molecule has 6 aromatic heterocycles. The van der Waals surface area contributed by atoms with Crippen molar-refractivity contribution >= 4 is 17.7 Å². The van der Waals surface area contributed by atoms with Gasteiger partial charge in [-0.25, -0.2) is 15.0 Å². The van der Waals surface area contributed by atoms with Crippen molar-refractivity contribution in [1.82, 2.24) is 91.7 Å². The van der Waals surface area contributed by atoms with Gasteiger partial charge in [0.2, 0.25) is 17.8 Å². The van der Waals surface area contributed by atoms with Gasteiger partial charge in [0.25, 0.3) is 0 Å². The molecular weight excluding hydrogens is 1160 g/mol. The highest BCUT2D eigenvalue weighted by molar-refractivity contribution is 5.75. The highest BCUT2D eigenvalue weighted by atomic mass is 19.1. The van der Waals surface area contributed by atoms with Crippen LogP contribution in [-0.4, -0.2) is 179 Å². The number of hydrogen-bond donors (Lipinski definition) is 8. The molecule has 0 radical (unpaired) electrons. The Balaban J connectivity index is 0.000000144. The Labute approximate surface area is 533 Å². The lowest BCUT2D eigenvalue weighted by Gasteiger charge is -2.48. The zero-order valence-electron chi connectivity index (χ0n) is 55.6. The molecule has 26 heteroatoms. The number of rotatable bonds is 14. The number of aromatic nitrogens is 15. The maximum atomic E-state index is 13.7. The van der Waals surface area contributed by atoms with Gasteiger partial charge in [0.1, 0.15) is 28.6 Å². The van der Waals surface area contributed by atoms with E-state index in [0.717, 1.165) is 100 Å². The van der Waals surface area contributed by atoms with Crippen molar-refractivity contribution in [3.63, 3.8) is 0 Å². The van der Waals surface area contributed by atoms with Crippen molar-refractivity contribution < 1.29 is 28.6 Å². The number of piperidine rings is 1. The first-order chi connectivity index (χ1) is 44.8. The Morgan fingerprint density at radius 3 is 1.92 bits per heavy atom. The van der Waals surface area contributed by atoms with E-state index < -0.39 is 12.9 Å². The lowest BCUT2D eigenvalue weighted by molar-refractivity contribution is 0.0656. The zero-order valence-corrected chi connectivity index (χ0v) is 52.6. The summed E-state index contributed by atoms with van der Waals surface area (Å²) in [5.74, 6) is 2.45. The largest absolute Gasteiger partial charge is 0.507 e. The highest BCUT2D eigenvalue weighted by Gasteiger charge is 2.40. The number of benzene rings is 3. The quantitative estimate of drug-likeness (QED) is 0.0507. The molecular formula is C65H82FN21O4. The molecule has 0 saturated carbocycles. The number of aromatic hydroxyl groups is 3. The topological polar surface area (TPSA) is 307 Å². The van der Waals surface area contributed by atoms with E-state index in [0.29, 0.717) is 86.3 Å². The number of aryl methyl sites for hydroxylation is 1. The first kappa shape index (κ1) is 59.5. The fourth-order valence-corrected chi connectivity index (χ4v) is 12.5. The van der Waals surface area contributed by atoms with Crippen LogP contribution in [0.4, 0.5) is 22.1 Å². The van der Waals surface area contributed by atoms with Crippen molar-refractivity contribution in [2.45, 2.75) is 122 Å². The van der Waals surface area contributed by atoms with E-state index in [4.69, 9.17) is 8.85 Å². The summed E-state index contributed by atoms with van der Waals surface area (Å²) in [6, 6.07) is 16.4. The smallest absolute Gasteiger partial charge is 0.245 e. The molecule has 4 aliphatic rings. The second-order valence-corrected chi connectivity index (χ2v) is 26.2. The molecule has 0 bridgehead atoms. The summed E-state index contributed by atoms with van der Waals surface area (Å²) in [4.78, 5) is 19.8. The normalized spacial score (nSPS) is 19.0. The fraction of sp³-hybridized carbons (Fsp3) is 0.446. The van der Waals surface area contributed by atoms with Crippen LogP contribution < -0.4 is 30.7 Å². The monoisotopic (exact) mass is 1240 g/mol. The summed E-state index contributed by atoms with van der Waals surface area (Å²) in [5, 5.41) is 84.8. The van der Waals surface area contributed by atoms with Gasteiger partial charge in [0, 0.05) is 127 Å². The minimum atomic E-state index is -2.35. The molecule has 0 amide bonds. The Kier molecular flexibility index (Phi) is 17.8. The van der Waals surface area contributed by atoms with Gasteiger partial charge in [-0.3, -0.25) is 14.9 Å². The molecule has 91 heavy (non-hydrogen) atoms. The van der Waals surface area contributed by atoms with E-state index in [1.54, 1.807) is 67.4 Å². The number of ether oxygens (including phenoxy) is 1. The van der Waals surface area contributed by atoms with Crippen LogP contribution in [0.2, 0.25) is 0 Å². The molecule has 2 unspecified atom stereocenters. The summed E-state index contributed by atoms with van der Waals surface area (Å²) in [6.07, 6.45) is 19.0. The molecule has 0 aliphatic carbocycles. The Morgan fingerprint density at radius 2 is 1.33 bits per heavy atom. The lowest BCUT2D eigenvalue weighted by atomic mass is 9.79. The van der Waals surface area contributed by atoms with Crippen molar-refractivity contribution in [3.8, 4) is 84.5 Å². The maximum absolute atomic E-state index is 13.7. The first-order valence-corrected chi connectivity index (χ1v) is 30.7. The molecule has 3 aromatic carbocycles. The van der Waals surface area contributed by atoms with Crippen LogP contribution in [0.15, 0.2) is 104 Å². The minimum absolute atomic E-state index is 0.00156. The SMILES string of the molecule is CC(C)(C)NC1CCN(c2cnc(-c3ccc(-c4cn[nH]c4F)cc3O)nn2)C1.Oc1cc(-c2cn[nH]c2)ccc1-c1cnc(N2CCC(NCC3CCOCC3)C2)nn1.[2H]C([2H])([2H])n1cc(-c2ccc(-c3cnc(N(C)C4CC(C)(C)NC(C)(C)C4)nn3)c(O)c2)cn1. The van der Waals surface area contributed by atoms with E-state index >= 15 is 0 Å². The number of hydrogen-bond acceptors (Lipinski definition) is 22. The number of aromatic amines is 2. The second kappa shape index (κ2) is 27.2. The van der Waals surface area contributed by atoms with Crippen LogP contribution in [0, 0.1) is 11.9 Å². The summed E-state index contributed by atoms with van der Waals surface area (Å²) in [6.45, 7) is 19.3. The average Bonchev–Trinajstić information content (AvgIpc) is 1.75. The van der Waals surface area contributed by atoms with E-state index in [1.807, 2.05) is 19.2 Å². The van der Waals surface area contributed by atoms with Gasteiger partial charge in [0.05, 0.1) is 48.3 Å². The minimum Gasteiger partial charge on any atom is -0.507 e. The molecule has 4 saturated heterocycles. The van der Waals surface area contributed by atoms with E-state index in [1.165, 1.54) is 24.7 Å². The van der Waals surface area contributed by atoms with E-state index in [2.05, 4.69) is 150 Å². The predicted molar refractivity (Wildman–Crippen MR) is 346 cm³/mol. The van der Waals surface area contributed by atoms with Gasteiger partial charge < -0.3 is 50.7 Å². The Hall–Kier alpha value is -9.11. The lowest BCUT2D eigenvalue weighted by Crippen LogP contribution is -2.62. The van der Waals surface area contributed by atoms with Gasteiger partial charge in [0.15, 0.2) is 11.6 Å². The standard InChI is InChI=1S/C23H31N7O.C22H27N7O2.C20H24FN7O/c1-22(2)10-17(11-23(3,4)28-22)30(6)21-24-13-19(26-27-21)18-8-7-15(9-20(18)31)16-12-25-29(5)14-16;30-21-9-16(17-11-25-26-12-17)1-2-19(21)20-13-24-22(28-27-20)29-6-3-18(14-29)23-10-15-4-7-31-8-5-15;1-20(2,3)24-13-6-7-28(11-13)17-10-22-19(27-25-17)14-5-4-12(8-16(14)29)15-9-23-26-18(15)21/h7-9,12-14,17,28,31H,10-11H2,1-6H3;1-2,9,11-13,15,18,23,30H,3-8,10,14H2,(H,25,26);4-5,8-10,13,24,29H,6-7,11H2,1-3H3,(H,23,26)/i5D3;;. The van der Waals surface area contributed by atoms with Crippen molar-refractivity contribution in [2.75, 3.05) is 67.7 Å². The van der Waals surface area contributed by atoms with Crippen molar-refractivity contribution in [2.24, 2.45) is 12.9 Å². The van der Waals surface area contributed by atoms with Crippen molar-refractivity contribution in [1.29, 1.82) is 0 Å². The number of anilines is 3. The van der Waals surface area contributed by atoms with Crippen LogP contribution in [0.1, 0.15) is 91.1 Å². The van der Waals surface area contributed by atoms with Gasteiger partial charge in [-0.15, -0.1) is 30.6 Å². The molecule has 0 spiro atoms. The number of phenols is 3. The van der Waals surface area contributed by atoms with E-state index in [9.17, 15) is 19.7 Å². The van der Waals surface area contributed by atoms with Gasteiger partial charge in [-0.05, 0) is 153 Å². The molecule has 8 N–H and O–H groups in total. The molecule has 25 nitrogen and oxygen atoms in total. The maximum Gasteiger partial charge on any atom is 0.245 e. The summed E-state index contributed by atoms with van der Waals surface area (Å²) in [7, 11) is 1.99. The molecule has 9 aromatic rings. The van der Waals surface area contributed by atoms with Gasteiger partial charge >= 0.3 is 0 Å². The molecule has 478 valence electrons. The fourth-order valence-electron chi connectivity index (χ4n) is 12.5. The second-order valence-electron chi connectivity index (χ2n) is 26.2. The number of phenolic OH excluding ortho intramolecular Hbond substituents is 3. The number of nitrogens with zero attached hydrogens (tertiary/aromatic N) is 16. The van der Waals surface area contributed by atoms with Crippen molar-refractivity contribution in [3.05, 3.63) is 110 Å². The van der Waals surface area contributed by atoms with Crippen LogP contribution >= 0.6 is 0 Å². The first-order valence-electron chi connectivity index (χ1n) is 32.2. The van der Waals surface area contributed by atoms with Gasteiger partial charge in [-0.1, -0.05) is 18.2 Å². The Morgan fingerprint density at radius 1 is 0.681 bits per heavy atom. The third kappa shape index (κ3) is 15.9. The number of nitrogens with one attached hydrogen (secondary N) is 5. The average molecular weight is 1240 g/mol. The number of H-pyrrole nitrogens is 2. The van der Waals surface area contributed by atoms with Crippen LogP contribution in [0.5, 0.6) is 17.2 Å². The molecule has 13 rings (SSSR count). The summed E-state index contributed by atoms with van der Waals surface area (Å²) in [5.41, 5.74) is 6.42. The third-order valence-electron chi connectivity index (χ3n) is 16.8. The van der Waals surface area contributed by atoms with Crippen LogP contribution in [-0.2, 0) is 11.7 Å².